The zero-order valence-electron chi connectivity index (χ0n) is 21.2. The van der Waals surface area contributed by atoms with E-state index in [4.69, 9.17) is 28.8 Å². The van der Waals surface area contributed by atoms with E-state index >= 15 is 0 Å². The summed E-state index contributed by atoms with van der Waals surface area (Å²) in [5, 5.41) is 31.1. The number of methoxy groups -OCH3 is 3. The molecule has 0 aromatic heterocycles. The van der Waals surface area contributed by atoms with Crippen LogP contribution in [-0.2, 0) is 12.8 Å². The van der Waals surface area contributed by atoms with Crippen molar-refractivity contribution in [2.75, 3.05) is 41.2 Å². The fraction of sp³-hybridized carbons (Fsp3) is 0.379. The maximum atomic E-state index is 11.7. The topological polar surface area (TPSA) is 107 Å². The van der Waals surface area contributed by atoms with Crippen molar-refractivity contribution in [3.05, 3.63) is 58.7 Å². The Labute approximate surface area is 215 Å². The molecule has 196 valence electrons. The zero-order valence-corrected chi connectivity index (χ0v) is 21.2. The molecule has 1 heterocycles. The Kier molecular flexibility index (Phi) is 7.04. The lowest BCUT2D eigenvalue weighted by molar-refractivity contribution is 0.0878. The highest BCUT2D eigenvalue weighted by Crippen LogP contribution is 2.50. The molecule has 2 aliphatic rings. The Morgan fingerprint density at radius 3 is 2.27 bits per heavy atom. The molecule has 0 saturated carbocycles. The Hall–Kier alpha value is -3.62. The lowest BCUT2D eigenvalue weighted by Crippen LogP contribution is -2.26. The number of fused-ring (bicyclic) bond motifs is 5. The molecule has 8 heteroatoms. The van der Waals surface area contributed by atoms with Crippen molar-refractivity contribution >= 4 is 0 Å². The predicted octanol–water partition coefficient (Wildman–Crippen LogP) is 4.15. The molecule has 1 aliphatic carbocycles. The van der Waals surface area contributed by atoms with Gasteiger partial charge in [-0.05, 0) is 59.4 Å². The molecule has 0 spiro atoms. The number of aliphatic hydroxyl groups excluding tert-OH is 2. The van der Waals surface area contributed by atoms with Gasteiger partial charge in [0.1, 0.15) is 17.2 Å². The van der Waals surface area contributed by atoms with Crippen LogP contribution in [0.25, 0.3) is 11.1 Å². The van der Waals surface area contributed by atoms with E-state index in [1.807, 2.05) is 24.3 Å². The largest absolute Gasteiger partial charge is 0.502 e. The first-order valence-electron chi connectivity index (χ1n) is 12.4. The fourth-order valence-electron chi connectivity index (χ4n) is 5.38. The van der Waals surface area contributed by atoms with E-state index in [0.717, 1.165) is 52.0 Å². The Morgan fingerprint density at radius 1 is 0.892 bits per heavy atom. The predicted molar refractivity (Wildman–Crippen MR) is 137 cm³/mol. The van der Waals surface area contributed by atoms with Crippen LogP contribution in [-0.4, -0.2) is 56.5 Å². The molecule has 37 heavy (non-hydrogen) atoms. The molecule has 0 unspecified atom stereocenters. The van der Waals surface area contributed by atoms with E-state index in [1.165, 1.54) is 14.2 Å². The lowest BCUT2D eigenvalue weighted by Gasteiger charge is -2.35. The van der Waals surface area contributed by atoms with E-state index in [1.54, 1.807) is 19.2 Å². The van der Waals surface area contributed by atoms with Gasteiger partial charge >= 0.3 is 0 Å². The molecule has 3 N–H and O–H groups in total. The molecule has 3 aromatic carbocycles. The second-order valence-corrected chi connectivity index (χ2v) is 9.22. The number of hydrogen-bond donors (Lipinski definition) is 3. The highest BCUT2D eigenvalue weighted by Gasteiger charge is 2.36. The summed E-state index contributed by atoms with van der Waals surface area (Å²) >= 11 is 0. The number of ether oxygens (including phenoxy) is 5. The molecule has 0 bridgehead atoms. The highest BCUT2D eigenvalue weighted by atomic mass is 16.5. The van der Waals surface area contributed by atoms with Crippen LogP contribution in [0.2, 0.25) is 0 Å². The van der Waals surface area contributed by atoms with Crippen molar-refractivity contribution in [3.63, 3.8) is 0 Å². The van der Waals surface area contributed by atoms with Crippen molar-refractivity contribution in [2.45, 2.75) is 31.3 Å². The second kappa shape index (κ2) is 10.4. The van der Waals surface area contributed by atoms with Crippen LogP contribution in [0.1, 0.15) is 40.7 Å². The van der Waals surface area contributed by atoms with Crippen molar-refractivity contribution < 1.29 is 39.0 Å². The second-order valence-electron chi connectivity index (χ2n) is 9.22. The van der Waals surface area contributed by atoms with Crippen molar-refractivity contribution in [2.24, 2.45) is 0 Å². The first-order chi connectivity index (χ1) is 18.0. The molecule has 3 aromatic rings. The number of phenolic OH excluding ortho intramolecular Hbond substituents is 1. The molecule has 1 aliphatic heterocycles. The summed E-state index contributed by atoms with van der Waals surface area (Å²) in [5.41, 5.74) is 5.67. The number of aromatic hydroxyl groups is 1. The van der Waals surface area contributed by atoms with Crippen molar-refractivity contribution in [3.8, 4) is 45.6 Å². The summed E-state index contributed by atoms with van der Waals surface area (Å²) in [4.78, 5) is 0. The van der Waals surface area contributed by atoms with Gasteiger partial charge in [-0.15, -0.1) is 0 Å². The van der Waals surface area contributed by atoms with Gasteiger partial charge in [0.25, 0.3) is 0 Å². The van der Waals surface area contributed by atoms with Crippen LogP contribution in [0.15, 0.2) is 36.4 Å². The third-order valence-corrected chi connectivity index (χ3v) is 7.23. The van der Waals surface area contributed by atoms with Crippen LogP contribution in [0, 0.1) is 0 Å². The number of rotatable bonds is 8. The van der Waals surface area contributed by atoms with Crippen LogP contribution in [0.4, 0.5) is 0 Å². The summed E-state index contributed by atoms with van der Waals surface area (Å²) in [7, 11) is 4.61. The minimum absolute atomic E-state index is 0.0644. The van der Waals surface area contributed by atoms with Crippen LogP contribution >= 0.6 is 0 Å². The van der Waals surface area contributed by atoms with Crippen LogP contribution in [0.5, 0.6) is 34.5 Å². The average Bonchev–Trinajstić information content (AvgIpc) is 2.92. The first-order valence-corrected chi connectivity index (χ1v) is 12.4. The Morgan fingerprint density at radius 2 is 1.59 bits per heavy atom. The number of hydrogen-bond acceptors (Lipinski definition) is 8. The summed E-state index contributed by atoms with van der Waals surface area (Å²) in [6, 6.07) is 11.3. The third kappa shape index (κ3) is 4.40. The molecule has 0 amide bonds. The van der Waals surface area contributed by atoms with Crippen LogP contribution in [0.3, 0.4) is 0 Å². The van der Waals surface area contributed by atoms with Gasteiger partial charge in [-0.2, -0.15) is 0 Å². The van der Waals surface area contributed by atoms with Gasteiger partial charge in [0, 0.05) is 36.1 Å². The van der Waals surface area contributed by atoms with Crippen molar-refractivity contribution in [1.29, 1.82) is 0 Å². The molecule has 5 rings (SSSR count). The minimum atomic E-state index is -0.829. The van der Waals surface area contributed by atoms with E-state index in [9.17, 15) is 10.2 Å². The van der Waals surface area contributed by atoms with Crippen LogP contribution < -0.4 is 23.7 Å². The standard InChI is InChI=1S/C29H32O8/c1-33-24-14-17(36-10-4-9-30)13-21-18-7-8-23-27(20(18)6-5-19(21)24)28(31)22(15-37-23)16-11-25(34-2)29(32)26(12-16)35-3/h7-8,11-14,22,28,30-32H,4-6,9-10,15H2,1-3H3/t22-,28+/m1/s1. The molecular formula is C29H32O8. The van der Waals surface area contributed by atoms with E-state index in [-0.39, 0.29) is 36.4 Å². The number of aliphatic hydroxyl groups is 2. The zero-order chi connectivity index (χ0) is 26.1. The van der Waals surface area contributed by atoms with Gasteiger partial charge in [-0.25, -0.2) is 0 Å². The smallest absolute Gasteiger partial charge is 0.200 e. The summed E-state index contributed by atoms with van der Waals surface area (Å²) in [6.45, 7) is 0.745. The van der Waals surface area contributed by atoms with Gasteiger partial charge in [-0.3, -0.25) is 0 Å². The van der Waals surface area contributed by atoms with Gasteiger partial charge in [0.2, 0.25) is 5.75 Å². The quantitative estimate of drug-likeness (QED) is 0.390. The monoisotopic (exact) mass is 508 g/mol. The number of benzene rings is 3. The normalized spacial score (nSPS) is 17.6. The van der Waals surface area contributed by atoms with Gasteiger partial charge in [0.05, 0.1) is 40.6 Å². The SMILES string of the molecule is COc1cc([C@H]2COc3ccc4c(c3[C@H]2O)CCc2c(OC)cc(OCCCO)cc2-4)cc(OC)c1O. The highest BCUT2D eigenvalue weighted by molar-refractivity contribution is 5.79. The molecular weight excluding hydrogens is 476 g/mol. The fourth-order valence-corrected chi connectivity index (χ4v) is 5.38. The van der Waals surface area contributed by atoms with E-state index < -0.39 is 6.10 Å². The Balaban J connectivity index is 1.57. The summed E-state index contributed by atoms with van der Waals surface area (Å²) in [6.07, 6.45) is 1.19. The molecule has 0 radical (unpaired) electrons. The van der Waals surface area contributed by atoms with Gasteiger partial charge in [0.15, 0.2) is 11.5 Å². The van der Waals surface area contributed by atoms with E-state index in [2.05, 4.69) is 0 Å². The maximum Gasteiger partial charge on any atom is 0.200 e. The van der Waals surface area contributed by atoms with Gasteiger partial charge < -0.3 is 39.0 Å². The summed E-state index contributed by atoms with van der Waals surface area (Å²) < 4.78 is 28.4. The first kappa shape index (κ1) is 25.0. The molecule has 8 nitrogen and oxygen atoms in total. The summed E-state index contributed by atoms with van der Waals surface area (Å²) in [5.74, 6) is 2.19. The number of phenols is 1. The molecule has 0 saturated heterocycles. The maximum absolute atomic E-state index is 11.7. The molecule has 2 atom stereocenters. The van der Waals surface area contributed by atoms with Gasteiger partial charge in [-0.1, -0.05) is 6.07 Å². The average molecular weight is 509 g/mol. The molecule has 0 fully saturated rings. The Bertz CT molecular complexity index is 1280. The van der Waals surface area contributed by atoms with E-state index in [0.29, 0.717) is 24.5 Å². The third-order valence-electron chi connectivity index (χ3n) is 7.23. The van der Waals surface area contributed by atoms with Crippen molar-refractivity contribution in [1.82, 2.24) is 0 Å². The lowest BCUT2D eigenvalue weighted by atomic mass is 9.77. The minimum Gasteiger partial charge on any atom is -0.502 e.